The zero-order chi connectivity index (χ0) is 13.5. The first-order chi connectivity index (χ1) is 9.07. The number of hydrogen-bond donors (Lipinski definition) is 0. The van der Waals surface area contributed by atoms with E-state index >= 15 is 0 Å². The number of amides is 1. The van der Waals surface area contributed by atoms with Gasteiger partial charge in [-0.05, 0) is 12.8 Å². The molecule has 5 nitrogen and oxygen atoms in total. The molecule has 2 aliphatic rings. The summed E-state index contributed by atoms with van der Waals surface area (Å²) in [6.07, 6.45) is 5.07. The van der Waals surface area contributed by atoms with Crippen molar-refractivity contribution < 1.29 is 9.53 Å². The molecule has 3 rings (SSSR count). The Morgan fingerprint density at radius 2 is 2.26 bits per heavy atom. The first-order valence-electron chi connectivity index (χ1n) is 6.46. The lowest BCUT2D eigenvalue weighted by atomic mass is 9.97. The second-order valence-corrected chi connectivity index (χ2v) is 6.02. The van der Waals surface area contributed by atoms with Crippen molar-refractivity contribution in [2.45, 2.75) is 19.8 Å². The quantitative estimate of drug-likeness (QED) is 0.844. The standard InChI is InChI=1S/C13H16ClN3O2/c1-13(2-3-13)12(18)17-6-9(7-17)8-19-11-5-15-4-10(14)16-11/h4-5,9H,2-3,6-8H2,1H3. The maximum Gasteiger partial charge on any atom is 0.233 e. The molecule has 2 fully saturated rings. The third kappa shape index (κ3) is 2.66. The molecule has 1 saturated carbocycles. The summed E-state index contributed by atoms with van der Waals surface area (Å²) in [7, 11) is 0. The van der Waals surface area contributed by atoms with Gasteiger partial charge in [-0.1, -0.05) is 18.5 Å². The van der Waals surface area contributed by atoms with E-state index in [1.807, 2.05) is 11.8 Å². The first kappa shape index (κ1) is 12.7. The monoisotopic (exact) mass is 281 g/mol. The highest BCUT2D eigenvalue weighted by Gasteiger charge is 2.49. The van der Waals surface area contributed by atoms with E-state index in [1.54, 1.807) is 6.20 Å². The van der Waals surface area contributed by atoms with E-state index in [9.17, 15) is 4.79 Å². The summed E-state index contributed by atoms with van der Waals surface area (Å²) in [4.78, 5) is 21.9. The van der Waals surface area contributed by atoms with Gasteiger partial charge < -0.3 is 9.64 Å². The van der Waals surface area contributed by atoms with Gasteiger partial charge in [0.1, 0.15) is 0 Å². The highest BCUT2D eigenvalue weighted by Crippen LogP contribution is 2.47. The van der Waals surface area contributed by atoms with Crippen LogP contribution in [0.5, 0.6) is 5.88 Å². The predicted molar refractivity (Wildman–Crippen MR) is 69.9 cm³/mol. The van der Waals surface area contributed by atoms with Crippen LogP contribution in [0.4, 0.5) is 0 Å². The molecule has 0 bridgehead atoms. The highest BCUT2D eigenvalue weighted by molar-refractivity contribution is 6.29. The molecule has 0 unspecified atom stereocenters. The first-order valence-corrected chi connectivity index (χ1v) is 6.84. The number of rotatable bonds is 4. The molecule has 2 heterocycles. The fraction of sp³-hybridized carbons (Fsp3) is 0.615. The van der Waals surface area contributed by atoms with Gasteiger partial charge in [0.05, 0.1) is 19.0 Å². The van der Waals surface area contributed by atoms with Crippen molar-refractivity contribution in [2.75, 3.05) is 19.7 Å². The molecule has 1 saturated heterocycles. The Kier molecular flexibility index (Phi) is 3.09. The summed E-state index contributed by atoms with van der Waals surface area (Å²) in [5.74, 6) is 1.12. The van der Waals surface area contributed by atoms with Crippen LogP contribution in [0.1, 0.15) is 19.8 Å². The third-order valence-electron chi connectivity index (χ3n) is 3.81. The minimum atomic E-state index is -0.0652. The lowest BCUT2D eigenvalue weighted by Gasteiger charge is -2.40. The maximum atomic E-state index is 12.0. The van der Waals surface area contributed by atoms with Crippen molar-refractivity contribution in [3.8, 4) is 5.88 Å². The number of aromatic nitrogens is 2. The maximum absolute atomic E-state index is 12.0. The zero-order valence-corrected chi connectivity index (χ0v) is 11.6. The van der Waals surface area contributed by atoms with Crippen LogP contribution in [0.3, 0.4) is 0 Å². The molecular weight excluding hydrogens is 266 g/mol. The summed E-state index contributed by atoms with van der Waals surface area (Å²) >= 11 is 5.72. The molecule has 1 aliphatic heterocycles. The molecule has 0 aromatic carbocycles. The van der Waals surface area contributed by atoms with E-state index < -0.39 is 0 Å². The molecule has 102 valence electrons. The van der Waals surface area contributed by atoms with Gasteiger partial charge in [-0.25, -0.2) is 0 Å². The van der Waals surface area contributed by atoms with Crippen LogP contribution in [0.25, 0.3) is 0 Å². The van der Waals surface area contributed by atoms with E-state index in [2.05, 4.69) is 9.97 Å². The van der Waals surface area contributed by atoms with Crippen molar-refractivity contribution in [3.63, 3.8) is 0 Å². The summed E-state index contributed by atoms with van der Waals surface area (Å²) in [6.45, 7) is 4.15. The number of carbonyl (C=O) groups is 1. The molecule has 19 heavy (non-hydrogen) atoms. The Labute approximate surface area is 116 Å². The second-order valence-electron chi connectivity index (χ2n) is 5.63. The Morgan fingerprint density at radius 3 is 2.89 bits per heavy atom. The van der Waals surface area contributed by atoms with Crippen LogP contribution in [-0.4, -0.2) is 40.5 Å². The molecule has 0 spiro atoms. The molecule has 1 aromatic heterocycles. The van der Waals surface area contributed by atoms with Crippen LogP contribution in [0.2, 0.25) is 5.15 Å². The predicted octanol–water partition coefficient (Wildman–Crippen LogP) is 1.77. The number of likely N-dealkylation sites (tertiary alicyclic amines) is 1. The SMILES string of the molecule is CC1(C(=O)N2CC(COc3cncc(Cl)n3)C2)CC1. The average molecular weight is 282 g/mol. The Balaban J connectivity index is 1.43. The zero-order valence-electron chi connectivity index (χ0n) is 10.8. The summed E-state index contributed by atoms with van der Waals surface area (Å²) in [5.41, 5.74) is -0.0652. The van der Waals surface area contributed by atoms with Gasteiger partial charge in [0.15, 0.2) is 5.15 Å². The van der Waals surface area contributed by atoms with Crippen LogP contribution in [0, 0.1) is 11.3 Å². The van der Waals surface area contributed by atoms with Gasteiger partial charge >= 0.3 is 0 Å². The summed E-state index contributed by atoms with van der Waals surface area (Å²) in [5, 5.41) is 0.324. The van der Waals surface area contributed by atoms with Gasteiger partial charge in [-0.15, -0.1) is 0 Å². The van der Waals surface area contributed by atoms with Gasteiger partial charge in [0.25, 0.3) is 0 Å². The average Bonchev–Trinajstić information content (AvgIpc) is 3.06. The topological polar surface area (TPSA) is 55.3 Å². The lowest BCUT2D eigenvalue weighted by Crippen LogP contribution is -2.54. The van der Waals surface area contributed by atoms with Crippen LogP contribution < -0.4 is 4.74 Å². The van der Waals surface area contributed by atoms with Crippen LogP contribution in [0.15, 0.2) is 12.4 Å². The Hall–Kier alpha value is -1.36. The molecule has 1 aliphatic carbocycles. The lowest BCUT2D eigenvalue weighted by molar-refractivity contribution is -0.143. The van der Waals surface area contributed by atoms with Crippen molar-refractivity contribution in [1.29, 1.82) is 0 Å². The number of halogens is 1. The number of nitrogens with zero attached hydrogens (tertiary/aromatic N) is 3. The summed E-state index contributed by atoms with van der Waals surface area (Å²) < 4.78 is 5.52. The van der Waals surface area contributed by atoms with Crippen molar-refractivity contribution >= 4 is 17.5 Å². The molecule has 0 atom stereocenters. The summed E-state index contributed by atoms with van der Waals surface area (Å²) in [6, 6.07) is 0. The number of hydrogen-bond acceptors (Lipinski definition) is 4. The van der Waals surface area contributed by atoms with Crippen molar-refractivity contribution in [2.24, 2.45) is 11.3 Å². The molecule has 0 radical (unpaired) electrons. The number of ether oxygens (including phenoxy) is 1. The smallest absolute Gasteiger partial charge is 0.233 e. The fourth-order valence-corrected chi connectivity index (χ4v) is 2.36. The van der Waals surface area contributed by atoms with Gasteiger partial charge in [0, 0.05) is 24.4 Å². The Morgan fingerprint density at radius 1 is 1.53 bits per heavy atom. The number of carbonyl (C=O) groups excluding carboxylic acids is 1. The minimum Gasteiger partial charge on any atom is -0.476 e. The molecule has 1 aromatic rings. The van der Waals surface area contributed by atoms with E-state index in [1.165, 1.54) is 6.20 Å². The second kappa shape index (κ2) is 4.63. The van der Waals surface area contributed by atoms with Gasteiger partial charge in [0.2, 0.25) is 11.8 Å². The fourth-order valence-electron chi connectivity index (χ4n) is 2.22. The van der Waals surface area contributed by atoms with E-state index in [0.29, 0.717) is 29.5 Å². The van der Waals surface area contributed by atoms with Crippen molar-refractivity contribution in [3.05, 3.63) is 17.5 Å². The molecule has 0 N–H and O–H groups in total. The third-order valence-corrected chi connectivity index (χ3v) is 3.99. The minimum absolute atomic E-state index is 0.0652. The van der Waals surface area contributed by atoms with E-state index in [0.717, 1.165) is 25.9 Å². The van der Waals surface area contributed by atoms with Crippen LogP contribution >= 0.6 is 11.6 Å². The normalized spacial score (nSPS) is 20.8. The molecular formula is C13H16ClN3O2. The van der Waals surface area contributed by atoms with Crippen molar-refractivity contribution in [1.82, 2.24) is 14.9 Å². The molecule has 1 amide bonds. The molecule has 6 heteroatoms. The van der Waals surface area contributed by atoms with E-state index in [4.69, 9.17) is 16.3 Å². The van der Waals surface area contributed by atoms with Gasteiger partial charge in [-0.3, -0.25) is 9.78 Å². The largest absolute Gasteiger partial charge is 0.476 e. The Bertz CT molecular complexity index is 498. The van der Waals surface area contributed by atoms with Gasteiger partial charge in [-0.2, -0.15) is 4.98 Å². The highest BCUT2D eigenvalue weighted by atomic mass is 35.5. The van der Waals surface area contributed by atoms with E-state index in [-0.39, 0.29) is 5.41 Å². The van der Waals surface area contributed by atoms with Crippen LogP contribution in [-0.2, 0) is 4.79 Å².